The third kappa shape index (κ3) is 6.33. The van der Waals surface area contributed by atoms with E-state index in [1.54, 1.807) is 13.2 Å². The number of hydrogen-bond donors (Lipinski definition) is 1. The second-order valence-corrected chi connectivity index (χ2v) is 11.4. The highest BCUT2D eigenvalue weighted by Gasteiger charge is 2.29. The number of nitrogens with zero attached hydrogens (tertiary/aromatic N) is 2. The Morgan fingerprint density at radius 3 is 2.60 bits per heavy atom. The van der Waals surface area contributed by atoms with Gasteiger partial charge in [0.05, 0.1) is 18.7 Å². The minimum absolute atomic E-state index is 0.0154. The van der Waals surface area contributed by atoms with Crippen LogP contribution in [0.1, 0.15) is 47.3 Å². The van der Waals surface area contributed by atoms with E-state index in [0.29, 0.717) is 48.2 Å². The summed E-state index contributed by atoms with van der Waals surface area (Å²) in [5, 5.41) is 2.54. The van der Waals surface area contributed by atoms with Crippen LogP contribution in [0.5, 0.6) is 23.0 Å². The predicted octanol–water partition coefficient (Wildman–Crippen LogP) is 6.03. The van der Waals surface area contributed by atoms with Gasteiger partial charge in [-0.05, 0) is 68.2 Å². The van der Waals surface area contributed by atoms with Crippen LogP contribution in [0.15, 0.2) is 94.5 Å². The van der Waals surface area contributed by atoms with Crippen LogP contribution < -0.4 is 35.5 Å². The summed E-state index contributed by atoms with van der Waals surface area (Å²) in [6.07, 6.45) is 11.5. The number of nitrogens with one attached hydrogen (secondary N) is 1. The largest absolute Gasteiger partial charge is 0.493 e. The standard InChI is InChI=1S/C36H33F2N3O7/c1-4-15-40-20-26(35(43)41(36(40)44)25-11-8-23(37)9-12-25)34(42)39-24-10-14-28(27(38)19-24)48-29-13-6-21(2)5-7-22-18-30(45-3)32-33(31(22)29)47-17-16-46-32/h4,6,8-11,13-14,18-20,25H,1,5,7,12,15-17H2,2-3H3,(H,39,42)/b21-6+,29-13+. The minimum Gasteiger partial charge on any atom is -0.493 e. The van der Waals surface area contributed by atoms with Crippen molar-refractivity contribution in [2.75, 3.05) is 25.6 Å². The van der Waals surface area contributed by atoms with Gasteiger partial charge in [-0.3, -0.25) is 18.7 Å². The van der Waals surface area contributed by atoms with Gasteiger partial charge < -0.3 is 24.3 Å². The molecule has 12 heteroatoms. The van der Waals surface area contributed by atoms with Crippen molar-refractivity contribution in [2.24, 2.45) is 0 Å². The number of anilines is 1. The van der Waals surface area contributed by atoms with Crippen molar-refractivity contribution in [3.8, 4) is 23.0 Å². The Morgan fingerprint density at radius 2 is 1.90 bits per heavy atom. The van der Waals surface area contributed by atoms with Crippen molar-refractivity contribution >= 4 is 17.4 Å². The number of carbonyl (C=O) groups is 1. The van der Waals surface area contributed by atoms with Crippen LogP contribution in [0.4, 0.5) is 14.5 Å². The van der Waals surface area contributed by atoms with Crippen LogP contribution in [0.3, 0.4) is 0 Å². The number of aryl methyl sites for hydroxylation is 1. The number of aromatic nitrogens is 2. The van der Waals surface area contributed by atoms with Crippen molar-refractivity contribution in [3.63, 3.8) is 0 Å². The van der Waals surface area contributed by atoms with Crippen molar-refractivity contribution in [1.29, 1.82) is 0 Å². The van der Waals surface area contributed by atoms with Gasteiger partial charge in [0.1, 0.15) is 30.4 Å². The summed E-state index contributed by atoms with van der Waals surface area (Å²) in [7, 11) is 1.55. The summed E-state index contributed by atoms with van der Waals surface area (Å²) in [4.78, 5) is 39.9. The van der Waals surface area contributed by atoms with E-state index >= 15 is 4.39 Å². The molecule has 2 aromatic carbocycles. The summed E-state index contributed by atoms with van der Waals surface area (Å²) in [5.41, 5.74) is 0.739. The molecule has 0 spiro atoms. The second kappa shape index (κ2) is 13.6. The quantitative estimate of drug-likeness (QED) is 0.295. The molecule has 1 N–H and O–H groups in total. The number of halogens is 2. The molecule has 6 rings (SSSR count). The lowest BCUT2D eigenvalue weighted by molar-refractivity contribution is 0.102. The van der Waals surface area contributed by atoms with Crippen LogP contribution in [0, 0.1) is 5.82 Å². The van der Waals surface area contributed by atoms with Crippen molar-refractivity contribution in [3.05, 3.63) is 128 Å². The van der Waals surface area contributed by atoms with Gasteiger partial charge in [-0.2, -0.15) is 0 Å². The first-order valence-electron chi connectivity index (χ1n) is 15.3. The molecule has 0 saturated carbocycles. The van der Waals surface area contributed by atoms with Gasteiger partial charge in [0, 0.05) is 24.5 Å². The minimum atomic E-state index is -0.868. The fraction of sp³-hybridized carbons (Fsp3) is 0.250. The third-order valence-corrected chi connectivity index (χ3v) is 8.16. The number of allylic oxidation sites excluding steroid dienone is 8. The number of amides is 1. The first-order valence-corrected chi connectivity index (χ1v) is 15.3. The van der Waals surface area contributed by atoms with Gasteiger partial charge in [-0.25, -0.2) is 13.6 Å². The molecule has 1 aromatic heterocycles. The maximum atomic E-state index is 15.6. The molecular weight excluding hydrogens is 624 g/mol. The highest BCUT2D eigenvalue weighted by atomic mass is 19.1. The Hall–Kier alpha value is -5.65. The lowest BCUT2D eigenvalue weighted by atomic mass is 9.94. The molecule has 3 aliphatic rings. The van der Waals surface area contributed by atoms with E-state index in [4.69, 9.17) is 18.9 Å². The molecule has 48 heavy (non-hydrogen) atoms. The zero-order valence-corrected chi connectivity index (χ0v) is 26.4. The first-order chi connectivity index (χ1) is 23.2. The zero-order valence-electron chi connectivity index (χ0n) is 26.4. The van der Waals surface area contributed by atoms with E-state index in [9.17, 15) is 18.8 Å². The number of benzene rings is 2. The van der Waals surface area contributed by atoms with E-state index in [-0.39, 0.29) is 30.0 Å². The van der Waals surface area contributed by atoms with Gasteiger partial charge in [-0.1, -0.05) is 23.8 Å². The molecule has 0 fully saturated rings. The Kier molecular flexibility index (Phi) is 9.15. The molecule has 2 heterocycles. The Balaban J connectivity index is 1.30. The van der Waals surface area contributed by atoms with E-state index in [1.165, 1.54) is 30.4 Å². The van der Waals surface area contributed by atoms with Gasteiger partial charge in [0.2, 0.25) is 5.75 Å². The molecular formula is C36H33F2N3O7. The van der Waals surface area contributed by atoms with Crippen molar-refractivity contribution < 1.29 is 32.5 Å². The fourth-order valence-electron chi connectivity index (χ4n) is 5.74. The fourth-order valence-corrected chi connectivity index (χ4v) is 5.74. The molecule has 0 bridgehead atoms. The third-order valence-electron chi connectivity index (χ3n) is 8.16. The summed E-state index contributed by atoms with van der Waals surface area (Å²) < 4.78 is 54.9. The summed E-state index contributed by atoms with van der Waals surface area (Å²) in [6, 6.07) is 4.94. The maximum Gasteiger partial charge on any atom is 0.331 e. The molecule has 1 amide bonds. The number of fused-ring (bicyclic) bond motifs is 3. The van der Waals surface area contributed by atoms with Crippen LogP contribution in [-0.2, 0) is 13.0 Å². The van der Waals surface area contributed by atoms with Crippen molar-refractivity contribution in [1.82, 2.24) is 9.13 Å². The van der Waals surface area contributed by atoms with E-state index < -0.39 is 34.8 Å². The predicted molar refractivity (Wildman–Crippen MR) is 176 cm³/mol. The molecule has 1 aliphatic heterocycles. The van der Waals surface area contributed by atoms with Crippen LogP contribution in [0.2, 0.25) is 0 Å². The molecule has 248 valence electrons. The average Bonchev–Trinajstić information content (AvgIpc) is 3.07. The lowest BCUT2D eigenvalue weighted by Gasteiger charge is -2.27. The Labute approximate surface area is 274 Å². The van der Waals surface area contributed by atoms with Gasteiger partial charge in [-0.15, -0.1) is 6.58 Å². The van der Waals surface area contributed by atoms with E-state index in [1.807, 2.05) is 19.1 Å². The van der Waals surface area contributed by atoms with Crippen molar-refractivity contribution in [2.45, 2.75) is 38.8 Å². The SMILES string of the molecule is C=CCn1cc(C(=O)Nc2ccc(O/C3=C/C=C(\C)CCc4cc(OC)c5c(c43)OCCO5)c(F)c2)c(=O)n(C2C=CC(F)=CC2)c1=O. The van der Waals surface area contributed by atoms with Crippen LogP contribution in [-0.4, -0.2) is 35.4 Å². The highest BCUT2D eigenvalue weighted by molar-refractivity contribution is 6.03. The van der Waals surface area contributed by atoms with Gasteiger partial charge in [0.25, 0.3) is 11.5 Å². The number of hydrogen-bond acceptors (Lipinski definition) is 7. The number of carbonyl (C=O) groups excluding carboxylic acids is 1. The second-order valence-electron chi connectivity index (χ2n) is 11.4. The molecule has 1 unspecified atom stereocenters. The molecule has 3 aromatic rings. The Bertz CT molecular complexity index is 2060. The average molecular weight is 658 g/mol. The van der Waals surface area contributed by atoms with E-state index in [2.05, 4.69) is 11.9 Å². The number of ether oxygens (including phenoxy) is 4. The summed E-state index contributed by atoms with van der Waals surface area (Å²) in [5.74, 6) is -0.499. The van der Waals surface area contributed by atoms with Crippen LogP contribution >= 0.6 is 0 Å². The summed E-state index contributed by atoms with van der Waals surface area (Å²) in [6.45, 7) is 6.31. The lowest BCUT2D eigenvalue weighted by Crippen LogP contribution is -2.44. The monoisotopic (exact) mass is 657 g/mol. The summed E-state index contributed by atoms with van der Waals surface area (Å²) >= 11 is 0. The van der Waals surface area contributed by atoms with Gasteiger partial charge in [0.15, 0.2) is 23.1 Å². The Morgan fingerprint density at radius 1 is 1.10 bits per heavy atom. The normalized spacial score (nSPS) is 18.9. The van der Waals surface area contributed by atoms with E-state index in [0.717, 1.165) is 45.0 Å². The smallest absolute Gasteiger partial charge is 0.331 e. The van der Waals surface area contributed by atoms with Gasteiger partial charge >= 0.3 is 5.69 Å². The number of methoxy groups -OCH3 is 1. The molecule has 10 nitrogen and oxygen atoms in total. The number of rotatable bonds is 8. The molecule has 0 radical (unpaired) electrons. The molecule has 1 atom stereocenters. The maximum absolute atomic E-state index is 15.6. The highest BCUT2D eigenvalue weighted by Crippen LogP contribution is 2.48. The molecule has 2 aliphatic carbocycles. The molecule has 0 saturated heterocycles. The van der Waals surface area contributed by atoms with Crippen LogP contribution in [0.25, 0.3) is 5.76 Å². The zero-order chi connectivity index (χ0) is 33.9. The topological polar surface area (TPSA) is 110 Å². The first kappa shape index (κ1) is 32.3.